The number of imidazole rings is 1. The SMILES string of the molecule is C#CC1(S(=O)(=O)NC(=O)[C@@]23C[C@H]2C=CCCCCC[C@H](NC(=O)OC(C)(C)C)C(=O)N2C[C@H](Oc4nc5c(-c6nc(C7CCCCC7)cs6)cccc5n4C(C)C)C[C@H]2C(=O)N3)CC1. The molecule has 5 aliphatic rings. The van der Waals surface area contributed by atoms with E-state index in [1.165, 1.54) is 24.2 Å². The van der Waals surface area contributed by atoms with Crippen molar-refractivity contribution in [3.63, 3.8) is 0 Å². The molecule has 8 rings (SSSR count). The lowest BCUT2D eigenvalue weighted by Gasteiger charge is -2.30. The minimum Gasteiger partial charge on any atom is -0.459 e. The van der Waals surface area contributed by atoms with Gasteiger partial charge in [0.25, 0.3) is 21.9 Å². The lowest BCUT2D eigenvalue weighted by atomic mass is 9.87. The third kappa shape index (κ3) is 9.27. The first-order chi connectivity index (χ1) is 30.4. The summed E-state index contributed by atoms with van der Waals surface area (Å²) in [6.45, 7) is 9.25. The van der Waals surface area contributed by atoms with Crippen molar-refractivity contribution in [1.29, 1.82) is 0 Å². The van der Waals surface area contributed by atoms with E-state index in [1.807, 2.05) is 48.8 Å². The Morgan fingerprint density at radius 3 is 2.48 bits per heavy atom. The Hall–Kier alpha value is -4.95. The maximum atomic E-state index is 14.8. The van der Waals surface area contributed by atoms with Crippen LogP contribution in [0.5, 0.6) is 6.01 Å². The molecule has 3 N–H and O–H groups in total. The van der Waals surface area contributed by atoms with E-state index in [9.17, 15) is 27.6 Å². The maximum absolute atomic E-state index is 14.8. The number of ether oxygens (including phenoxy) is 2. The molecule has 1 aromatic carbocycles. The Morgan fingerprint density at radius 1 is 1.05 bits per heavy atom. The highest BCUT2D eigenvalue weighted by molar-refractivity contribution is 7.92. The van der Waals surface area contributed by atoms with Crippen molar-refractivity contribution < 1.29 is 37.1 Å². The van der Waals surface area contributed by atoms with Crippen molar-refractivity contribution in [2.45, 2.75) is 171 Å². The van der Waals surface area contributed by atoms with Crippen LogP contribution in [-0.4, -0.2) is 92.3 Å². The van der Waals surface area contributed by atoms with E-state index in [-0.39, 0.29) is 38.3 Å². The minimum atomic E-state index is -4.25. The lowest BCUT2D eigenvalue weighted by molar-refractivity contribution is -0.141. The smallest absolute Gasteiger partial charge is 0.408 e. The van der Waals surface area contributed by atoms with Crippen LogP contribution < -0.4 is 20.1 Å². The summed E-state index contributed by atoms with van der Waals surface area (Å²) in [5.41, 5.74) is 1.19. The van der Waals surface area contributed by atoms with E-state index in [2.05, 4.69) is 26.7 Å². The number of alkyl carbamates (subject to hydrolysis) is 1. The number of fused-ring (bicyclic) bond motifs is 3. The number of sulfonamides is 1. The van der Waals surface area contributed by atoms with Gasteiger partial charge in [0.1, 0.15) is 39.9 Å². The summed E-state index contributed by atoms with van der Waals surface area (Å²) in [6.07, 6.45) is 17.6. The van der Waals surface area contributed by atoms with Gasteiger partial charge in [-0.1, -0.05) is 56.2 Å². The van der Waals surface area contributed by atoms with Gasteiger partial charge < -0.3 is 25.0 Å². The molecule has 0 unspecified atom stereocenters. The molecule has 4 fully saturated rings. The van der Waals surface area contributed by atoms with Crippen molar-refractivity contribution >= 4 is 56.2 Å². The topological polar surface area (TPSA) is 191 Å². The number of hydrogen-bond acceptors (Lipinski definition) is 11. The third-order valence-electron chi connectivity index (χ3n) is 13.3. The van der Waals surface area contributed by atoms with Crippen LogP contribution in [-0.2, 0) is 29.1 Å². The van der Waals surface area contributed by atoms with Crippen molar-refractivity contribution in [3.05, 3.63) is 41.4 Å². The zero-order valence-corrected chi connectivity index (χ0v) is 39.1. The molecular formula is C47H61N7O8S2. The van der Waals surface area contributed by atoms with Crippen molar-refractivity contribution in [1.82, 2.24) is 34.8 Å². The molecule has 2 aliphatic heterocycles. The first-order valence-corrected chi connectivity index (χ1v) is 25.3. The first-order valence-electron chi connectivity index (χ1n) is 22.9. The Balaban J connectivity index is 1.11. The van der Waals surface area contributed by atoms with Crippen LogP contribution in [0.3, 0.4) is 0 Å². The number of terminal acetylenes is 1. The van der Waals surface area contributed by atoms with Crippen LogP contribution in [0.25, 0.3) is 21.6 Å². The minimum absolute atomic E-state index is 0.0266. The molecule has 3 aliphatic carbocycles. The lowest BCUT2D eigenvalue weighted by Crippen LogP contribution is -2.58. The number of amides is 4. The zero-order valence-electron chi connectivity index (χ0n) is 37.5. The summed E-state index contributed by atoms with van der Waals surface area (Å²) in [5.74, 6) is 0.280. The number of carbonyl (C=O) groups is 4. The van der Waals surface area contributed by atoms with E-state index in [0.29, 0.717) is 31.2 Å². The Morgan fingerprint density at radius 2 is 1.78 bits per heavy atom. The predicted molar refractivity (Wildman–Crippen MR) is 244 cm³/mol. The summed E-state index contributed by atoms with van der Waals surface area (Å²) in [6, 6.07) is 4.07. The molecule has 344 valence electrons. The van der Waals surface area contributed by atoms with Crippen molar-refractivity contribution in [2.75, 3.05) is 6.54 Å². The average molecular weight is 916 g/mol. The van der Waals surface area contributed by atoms with E-state index in [1.54, 1.807) is 32.1 Å². The number of rotatable bonds is 9. The molecule has 5 atom stereocenters. The molecule has 2 aromatic heterocycles. The van der Waals surface area contributed by atoms with Gasteiger partial charge in [0.15, 0.2) is 4.75 Å². The van der Waals surface area contributed by atoms with E-state index >= 15 is 0 Å². The molecule has 64 heavy (non-hydrogen) atoms. The van der Waals surface area contributed by atoms with Gasteiger partial charge in [0.05, 0.1) is 17.8 Å². The van der Waals surface area contributed by atoms with E-state index in [0.717, 1.165) is 53.0 Å². The van der Waals surface area contributed by atoms with Gasteiger partial charge in [-0.25, -0.2) is 22.9 Å². The fourth-order valence-electron chi connectivity index (χ4n) is 9.53. The number of para-hydroxylation sites is 1. The standard InChI is InChI=1S/C47H61N7O8S2/c1-7-46(23-24-46)64(59,60)52-42(57)47-26-31(47)19-14-9-8-10-15-21-34(49-44(58)62-45(4,5)6)41(56)53-27-32(25-37(53)39(55)51-47)61-43-50-38-33(20-16-22-36(38)54(43)29(2)3)40-48-35(28-63-40)30-17-12-11-13-18-30/h1,14,16,19-20,22,28-32,34,37H,8-13,15,17-18,21,23-27H2,2-6H3,(H,49,58)(H,51,55)(H,52,57)/t31-,32-,34+,37+,47-/m1/s1. The number of allylic oxidation sites excluding steroid dienone is 1. The molecular weight excluding hydrogens is 855 g/mol. The van der Waals surface area contributed by atoms with Gasteiger partial charge in [-0.2, -0.15) is 4.98 Å². The zero-order chi connectivity index (χ0) is 45.6. The van der Waals surface area contributed by atoms with Gasteiger partial charge in [-0.3, -0.25) is 19.0 Å². The molecule has 17 heteroatoms. The highest BCUT2D eigenvalue weighted by atomic mass is 32.2. The van der Waals surface area contributed by atoms with Gasteiger partial charge in [0, 0.05) is 35.2 Å². The fraction of sp³-hybridized carbons (Fsp3) is 0.617. The molecule has 4 heterocycles. The largest absolute Gasteiger partial charge is 0.459 e. The normalized spacial score (nSPS) is 26.5. The molecule has 0 radical (unpaired) electrons. The van der Waals surface area contributed by atoms with Crippen LogP contribution in [0.2, 0.25) is 0 Å². The fourth-order valence-corrected chi connectivity index (χ4v) is 11.9. The van der Waals surface area contributed by atoms with Gasteiger partial charge in [-0.15, -0.1) is 17.8 Å². The number of carbonyl (C=O) groups excluding carboxylic acids is 4. The van der Waals surface area contributed by atoms with Crippen LogP contribution in [0.4, 0.5) is 4.79 Å². The second-order valence-electron chi connectivity index (χ2n) is 19.5. The highest BCUT2D eigenvalue weighted by Gasteiger charge is 2.63. The average Bonchev–Trinajstić information content (AvgIpc) is 3.99. The quantitative estimate of drug-likeness (QED) is 0.148. The first kappa shape index (κ1) is 45.6. The summed E-state index contributed by atoms with van der Waals surface area (Å²) >= 11 is 1.61. The molecule has 15 nitrogen and oxygen atoms in total. The van der Waals surface area contributed by atoms with Crippen LogP contribution in [0.1, 0.15) is 142 Å². The number of nitrogens with one attached hydrogen (secondary N) is 3. The number of nitrogens with zero attached hydrogens (tertiary/aromatic N) is 4. The Bertz CT molecular complexity index is 2470. The molecule has 4 amide bonds. The summed E-state index contributed by atoms with van der Waals surface area (Å²) < 4.78 is 41.8. The predicted octanol–water partition coefficient (Wildman–Crippen LogP) is 7.04. The molecule has 3 saturated carbocycles. The van der Waals surface area contributed by atoms with Gasteiger partial charge in [0.2, 0.25) is 11.8 Å². The van der Waals surface area contributed by atoms with Gasteiger partial charge >= 0.3 is 6.09 Å². The van der Waals surface area contributed by atoms with Crippen LogP contribution in [0, 0.1) is 18.3 Å². The maximum Gasteiger partial charge on any atom is 0.408 e. The third-order valence-corrected chi connectivity index (χ3v) is 16.2. The number of aromatic nitrogens is 3. The molecule has 0 spiro atoms. The molecule has 1 saturated heterocycles. The summed E-state index contributed by atoms with van der Waals surface area (Å²) in [4.78, 5) is 68.4. The summed E-state index contributed by atoms with van der Waals surface area (Å²) in [7, 11) is -4.25. The number of benzene rings is 1. The monoisotopic (exact) mass is 915 g/mol. The number of hydrogen-bond donors (Lipinski definition) is 3. The Labute approximate surface area is 379 Å². The second kappa shape index (κ2) is 17.8. The number of thiazole rings is 1. The van der Waals surface area contributed by atoms with Crippen LogP contribution >= 0.6 is 11.3 Å². The van der Waals surface area contributed by atoms with E-state index in [4.69, 9.17) is 25.9 Å². The molecule has 0 bridgehead atoms. The van der Waals surface area contributed by atoms with Crippen molar-refractivity contribution in [2.24, 2.45) is 5.92 Å². The van der Waals surface area contributed by atoms with Crippen molar-refractivity contribution in [3.8, 4) is 28.9 Å². The Kier molecular flexibility index (Phi) is 12.7. The van der Waals surface area contributed by atoms with Crippen LogP contribution in [0.15, 0.2) is 35.7 Å². The van der Waals surface area contributed by atoms with Gasteiger partial charge in [-0.05, 0) is 98.1 Å². The van der Waals surface area contributed by atoms with E-state index < -0.39 is 73.8 Å². The highest BCUT2D eigenvalue weighted by Crippen LogP contribution is 2.48. The summed E-state index contributed by atoms with van der Waals surface area (Å²) in [5, 5.41) is 8.74. The second-order valence-corrected chi connectivity index (χ2v) is 22.4. The molecule has 3 aromatic rings.